The third kappa shape index (κ3) is 5.72. The molecule has 1 fully saturated rings. The normalized spacial score (nSPS) is 15.9. The number of rotatable bonds is 5. The molecule has 7 heteroatoms. The zero-order valence-corrected chi connectivity index (χ0v) is 14.5. The zero-order valence-electron chi connectivity index (χ0n) is 14.5. The maximum Gasteiger partial charge on any atom is 0.409 e. The number of nitrogens with zero attached hydrogens (tertiary/aromatic N) is 3. The van der Waals surface area contributed by atoms with Crippen molar-refractivity contribution in [1.82, 2.24) is 20.5 Å². The maximum atomic E-state index is 11.7. The van der Waals surface area contributed by atoms with E-state index in [2.05, 4.69) is 20.6 Å². The summed E-state index contributed by atoms with van der Waals surface area (Å²) < 4.78 is 5.05. The number of nitrogens with one attached hydrogen (secondary N) is 2. The summed E-state index contributed by atoms with van der Waals surface area (Å²) in [4.78, 5) is 22.4. The number of hydrogen-bond acceptors (Lipinski definition) is 4. The van der Waals surface area contributed by atoms with Gasteiger partial charge in [0.2, 0.25) is 0 Å². The Morgan fingerprint density at radius 3 is 2.79 bits per heavy atom. The van der Waals surface area contributed by atoms with Gasteiger partial charge in [0.1, 0.15) is 0 Å². The Kier molecular flexibility index (Phi) is 7.32. The molecule has 1 saturated heterocycles. The minimum atomic E-state index is -0.216. The zero-order chi connectivity index (χ0) is 17.2. The molecule has 1 amide bonds. The molecule has 1 aromatic heterocycles. The van der Waals surface area contributed by atoms with Gasteiger partial charge in [-0.3, -0.25) is 4.98 Å². The Hall–Kier alpha value is -2.31. The van der Waals surface area contributed by atoms with E-state index < -0.39 is 0 Å². The SMILES string of the molecule is CCNC(=NCc1ccccn1)NC1CCN(C(=O)OCC)CC1. The van der Waals surface area contributed by atoms with Gasteiger partial charge >= 0.3 is 6.09 Å². The largest absolute Gasteiger partial charge is 0.450 e. The minimum Gasteiger partial charge on any atom is -0.450 e. The van der Waals surface area contributed by atoms with Crippen LogP contribution in [0.1, 0.15) is 32.4 Å². The van der Waals surface area contributed by atoms with Crippen molar-refractivity contribution in [2.75, 3.05) is 26.2 Å². The highest BCUT2D eigenvalue weighted by Crippen LogP contribution is 2.11. The number of likely N-dealkylation sites (tertiary alicyclic amines) is 1. The summed E-state index contributed by atoms with van der Waals surface area (Å²) in [5.74, 6) is 0.790. The number of carbonyl (C=O) groups excluding carboxylic acids is 1. The predicted octanol–water partition coefficient (Wildman–Crippen LogP) is 1.76. The van der Waals surface area contributed by atoms with E-state index in [1.54, 1.807) is 11.1 Å². The van der Waals surface area contributed by atoms with Crippen molar-refractivity contribution < 1.29 is 9.53 Å². The van der Waals surface area contributed by atoms with E-state index in [9.17, 15) is 4.79 Å². The van der Waals surface area contributed by atoms with Crippen molar-refractivity contribution in [3.05, 3.63) is 30.1 Å². The van der Waals surface area contributed by atoms with Gasteiger partial charge < -0.3 is 20.3 Å². The van der Waals surface area contributed by atoms with E-state index in [-0.39, 0.29) is 6.09 Å². The summed E-state index contributed by atoms with van der Waals surface area (Å²) in [6.07, 6.45) is 3.32. The molecule has 0 aliphatic carbocycles. The standard InChI is InChI=1S/C17H27N5O2/c1-3-18-16(20-13-15-7-5-6-10-19-15)21-14-8-11-22(12-9-14)17(23)24-4-2/h5-7,10,14H,3-4,8-9,11-13H2,1-2H3,(H2,18,20,21). The Labute approximate surface area is 143 Å². The first-order chi connectivity index (χ1) is 11.7. The molecule has 7 nitrogen and oxygen atoms in total. The van der Waals surface area contributed by atoms with Crippen molar-refractivity contribution in [2.24, 2.45) is 4.99 Å². The van der Waals surface area contributed by atoms with Gasteiger partial charge in [0.15, 0.2) is 5.96 Å². The van der Waals surface area contributed by atoms with E-state index in [4.69, 9.17) is 4.74 Å². The highest BCUT2D eigenvalue weighted by Gasteiger charge is 2.23. The van der Waals surface area contributed by atoms with Crippen molar-refractivity contribution in [3.63, 3.8) is 0 Å². The van der Waals surface area contributed by atoms with Crippen molar-refractivity contribution in [2.45, 2.75) is 39.3 Å². The van der Waals surface area contributed by atoms with Crippen molar-refractivity contribution >= 4 is 12.1 Å². The molecule has 0 spiro atoms. The van der Waals surface area contributed by atoms with Gasteiger partial charge in [-0.15, -0.1) is 0 Å². The summed E-state index contributed by atoms with van der Waals surface area (Å²) in [5.41, 5.74) is 0.937. The molecule has 0 atom stereocenters. The number of ether oxygens (including phenoxy) is 1. The monoisotopic (exact) mass is 333 g/mol. The molecular formula is C17H27N5O2. The number of carbonyl (C=O) groups is 1. The number of guanidine groups is 1. The number of pyridine rings is 1. The van der Waals surface area contributed by atoms with Gasteiger partial charge in [0.05, 0.1) is 18.8 Å². The lowest BCUT2D eigenvalue weighted by Crippen LogP contribution is -2.49. The fourth-order valence-electron chi connectivity index (χ4n) is 2.59. The van der Waals surface area contributed by atoms with E-state index in [1.807, 2.05) is 32.0 Å². The average Bonchev–Trinajstić information content (AvgIpc) is 2.61. The number of aromatic nitrogens is 1. The smallest absolute Gasteiger partial charge is 0.409 e. The third-order valence-electron chi connectivity index (χ3n) is 3.83. The van der Waals surface area contributed by atoms with Crippen molar-refractivity contribution in [1.29, 1.82) is 0 Å². The van der Waals surface area contributed by atoms with Crippen LogP contribution in [0.2, 0.25) is 0 Å². The molecule has 24 heavy (non-hydrogen) atoms. The number of amides is 1. The Morgan fingerprint density at radius 1 is 1.38 bits per heavy atom. The van der Waals surface area contributed by atoms with Crippen LogP contribution in [0.15, 0.2) is 29.4 Å². The Balaban J connectivity index is 1.84. The second kappa shape index (κ2) is 9.75. The average molecular weight is 333 g/mol. The highest BCUT2D eigenvalue weighted by atomic mass is 16.6. The van der Waals surface area contributed by atoms with Crippen LogP contribution in [0.3, 0.4) is 0 Å². The minimum absolute atomic E-state index is 0.216. The topological polar surface area (TPSA) is 78.9 Å². The summed E-state index contributed by atoms with van der Waals surface area (Å²) in [6.45, 7) is 7.04. The molecule has 0 bridgehead atoms. The van der Waals surface area contributed by atoms with Crippen LogP contribution in [0, 0.1) is 0 Å². The summed E-state index contributed by atoms with van der Waals surface area (Å²) >= 11 is 0. The van der Waals surface area contributed by atoms with E-state index in [1.165, 1.54) is 0 Å². The van der Waals surface area contributed by atoms with Gasteiger partial charge in [-0.2, -0.15) is 0 Å². The molecule has 1 aliphatic heterocycles. The van der Waals surface area contributed by atoms with Gasteiger partial charge in [-0.05, 0) is 38.8 Å². The first kappa shape index (κ1) is 18.0. The quantitative estimate of drug-likeness (QED) is 0.634. The third-order valence-corrected chi connectivity index (χ3v) is 3.83. The number of piperidine rings is 1. The first-order valence-electron chi connectivity index (χ1n) is 8.59. The van der Waals surface area contributed by atoms with Crippen LogP contribution in [-0.2, 0) is 11.3 Å². The molecule has 0 unspecified atom stereocenters. The van der Waals surface area contributed by atoms with Gasteiger partial charge in [0, 0.05) is 31.9 Å². The van der Waals surface area contributed by atoms with Gasteiger partial charge in [-0.1, -0.05) is 6.07 Å². The van der Waals surface area contributed by atoms with Crippen LogP contribution in [0.25, 0.3) is 0 Å². The molecule has 0 aromatic carbocycles. The fraction of sp³-hybridized carbons (Fsp3) is 0.588. The molecule has 0 saturated carbocycles. The van der Waals surface area contributed by atoms with Crippen LogP contribution in [-0.4, -0.2) is 54.2 Å². The summed E-state index contributed by atoms with van der Waals surface area (Å²) in [5, 5.41) is 6.71. The highest BCUT2D eigenvalue weighted by molar-refractivity contribution is 5.80. The summed E-state index contributed by atoms with van der Waals surface area (Å²) in [6, 6.07) is 6.12. The first-order valence-corrected chi connectivity index (χ1v) is 8.59. The Morgan fingerprint density at radius 2 is 2.17 bits per heavy atom. The predicted molar refractivity (Wildman–Crippen MR) is 93.8 cm³/mol. The van der Waals surface area contributed by atoms with Gasteiger partial charge in [0.25, 0.3) is 0 Å². The number of aliphatic imine (C=N–C) groups is 1. The summed E-state index contributed by atoms with van der Waals surface area (Å²) in [7, 11) is 0. The number of hydrogen-bond donors (Lipinski definition) is 2. The maximum absolute atomic E-state index is 11.7. The molecule has 132 valence electrons. The lowest BCUT2D eigenvalue weighted by molar-refractivity contribution is 0.0963. The van der Waals surface area contributed by atoms with E-state index in [0.717, 1.165) is 31.0 Å². The van der Waals surface area contributed by atoms with Crippen LogP contribution in [0.4, 0.5) is 4.79 Å². The molecule has 2 rings (SSSR count). The molecule has 2 N–H and O–H groups in total. The molecule has 1 aliphatic rings. The molecule has 0 radical (unpaired) electrons. The second-order valence-corrected chi connectivity index (χ2v) is 5.62. The van der Waals surface area contributed by atoms with E-state index >= 15 is 0 Å². The van der Waals surface area contributed by atoms with Crippen LogP contribution >= 0.6 is 0 Å². The van der Waals surface area contributed by atoms with Crippen molar-refractivity contribution in [3.8, 4) is 0 Å². The Bertz CT molecular complexity index is 527. The molecule has 1 aromatic rings. The fourth-order valence-corrected chi connectivity index (χ4v) is 2.59. The van der Waals surface area contributed by atoms with Crippen LogP contribution < -0.4 is 10.6 Å². The van der Waals surface area contributed by atoms with Gasteiger partial charge in [-0.25, -0.2) is 9.79 Å². The van der Waals surface area contributed by atoms with E-state index in [0.29, 0.717) is 32.3 Å². The lowest BCUT2D eigenvalue weighted by atomic mass is 10.1. The molecular weight excluding hydrogens is 306 g/mol. The van der Waals surface area contributed by atoms with Crippen LogP contribution in [0.5, 0.6) is 0 Å². The lowest BCUT2D eigenvalue weighted by Gasteiger charge is -2.32. The molecule has 2 heterocycles. The second-order valence-electron chi connectivity index (χ2n) is 5.62.